The maximum Gasteiger partial charge on any atom is 0.270 e. The summed E-state index contributed by atoms with van der Waals surface area (Å²) in [4.78, 5) is 12.5. The van der Waals surface area contributed by atoms with Crippen LogP contribution >= 0.6 is 11.6 Å². The average molecular weight is 390 g/mol. The largest absolute Gasteiger partial charge is 0.270 e. The summed E-state index contributed by atoms with van der Waals surface area (Å²) in [6.45, 7) is 3.55. The first-order chi connectivity index (χ1) is 12.3. The lowest BCUT2D eigenvalue weighted by molar-refractivity contribution is 0.0981. The van der Waals surface area contributed by atoms with Crippen molar-refractivity contribution in [1.29, 1.82) is 0 Å². The second-order valence-corrected chi connectivity index (χ2v) is 7.79. The van der Waals surface area contributed by atoms with Crippen LogP contribution in [0.4, 0.5) is 0 Å². The minimum Gasteiger partial charge on any atom is -0.268 e. The number of hydrogen-bond acceptors (Lipinski definition) is 4. The molecule has 1 N–H and O–H groups in total. The molecule has 0 saturated carbocycles. The molecule has 0 unspecified atom stereocenters. The number of sulfonamides is 1. The molecule has 2 aromatic carbocycles. The summed E-state index contributed by atoms with van der Waals surface area (Å²) in [5.74, 6) is -0.824. The van der Waals surface area contributed by atoms with Gasteiger partial charge in [0, 0.05) is 0 Å². The lowest BCUT2D eigenvalue weighted by atomic mass is 10.2. The molecule has 0 aliphatic heterocycles. The number of amides is 1. The van der Waals surface area contributed by atoms with Crippen LogP contribution in [0.1, 0.15) is 21.6 Å². The maximum atomic E-state index is 12.5. The molecule has 1 heterocycles. The summed E-state index contributed by atoms with van der Waals surface area (Å²) in [5, 5.41) is 4.31. The molecule has 0 atom stereocenters. The van der Waals surface area contributed by atoms with Gasteiger partial charge in [-0.2, -0.15) is 5.10 Å². The van der Waals surface area contributed by atoms with Gasteiger partial charge in [0.2, 0.25) is 0 Å². The fraction of sp³-hybridized carbons (Fsp3) is 0.111. The van der Waals surface area contributed by atoms with Gasteiger partial charge in [0.05, 0.1) is 16.3 Å². The van der Waals surface area contributed by atoms with E-state index in [1.54, 1.807) is 25.1 Å². The molecule has 3 aromatic rings. The Morgan fingerprint density at radius 2 is 1.65 bits per heavy atom. The van der Waals surface area contributed by atoms with Crippen LogP contribution in [0.3, 0.4) is 0 Å². The molecule has 6 nitrogen and oxygen atoms in total. The molecule has 1 aromatic heterocycles. The Labute approximate surface area is 156 Å². The van der Waals surface area contributed by atoms with Crippen LogP contribution in [-0.2, 0) is 10.0 Å². The predicted molar refractivity (Wildman–Crippen MR) is 99.1 cm³/mol. The lowest BCUT2D eigenvalue weighted by Crippen LogP contribution is -2.31. The van der Waals surface area contributed by atoms with Gasteiger partial charge in [0.25, 0.3) is 15.9 Å². The van der Waals surface area contributed by atoms with Crippen molar-refractivity contribution in [2.24, 2.45) is 0 Å². The summed E-state index contributed by atoms with van der Waals surface area (Å²) in [5.41, 5.74) is 2.09. The highest BCUT2D eigenvalue weighted by Gasteiger charge is 2.25. The van der Waals surface area contributed by atoms with E-state index >= 15 is 0 Å². The Morgan fingerprint density at radius 1 is 1.04 bits per heavy atom. The first kappa shape index (κ1) is 18.2. The Balaban J connectivity index is 1.95. The van der Waals surface area contributed by atoms with Crippen molar-refractivity contribution < 1.29 is 13.2 Å². The highest BCUT2D eigenvalue weighted by molar-refractivity contribution is 7.90. The fourth-order valence-corrected chi connectivity index (χ4v) is 3.78. The van der Waals surface area contributed by atoms with Crippen LogP contribution in [-0.4, -0.2) is 24.1 Å². The summed E-state index contributed by atoms with van der Waals surface area (Å²) >= 11 is 6.32. The van der Waals surface area contributed by atoms with Crippen molar-refractivity contribution in [3.8, 4) is 5.69 Å². The molecule has 3 rings (SSSR count). The third-order valence-electron chi connectivity index (χ3n) is 3.79. The van der Waals surface area contributed by atoms with Crippen LogP contribution in [0.15, 0.2) is 59.5 Å². The van der Waals surface area contributed by atoms with Crippen molar-refractivity contribution in [3.05, 3.63) is 76.6 Å². The van der Waals surface area contributed by atoms with Crippen molar-refractivity contribution in [2.45, 2.75) is 18.7 Å². The van der Waals surface area contributed by atoms with E-state index in [-0.39, 0.29) is 15.6 Å². The molecule has 0 saturated heterocycles. The number of aromatic nitrogens is 2. The number of carbonyl (C=O) groups is 1. The minimum absolute atomic E-state index is 0.00643. The van der Waals surface area contributed by atoms with Crippen LogP contribution in [0.5, 0.6) is 0 Å². The molecule has 0 fully saturated rings. The van der Waals surface area contributed by atoms with Gasteiger partial charge in [-0.3, -0.25) is 4.79 Å². The lowest BCUT2D eigenvalue weighted by Gasteiger charge is -2.07. The number of halogens is 1. The third kappa shape index (κ3) is 3.49. The van der Waals surface area contributed by atoms with E-state index in [2.05, 4.69) is 5.10 Å². The maximum absolute atomic E-state index is 12.5. The third-order valence-corrected chi connectivity index (χ3v) is 5.49. The molecule has 0 spiro atoms. The summed E-state index contributed by atoms with van der Waals surface area (Å²) in [6, 6.07) is 15.1. The molecule has 0 bridgehead atoms. The second kappa shape index (κ2) is 6.93. The molecule has 1 amide bonds. The highest BCUT2D eigenvalue weighted by atomic mass is 35.5. The van der Waals surface area contributed by atoms with Gasteiger partial charge in [0.1, 0.15) is 10.7 Å². The van der Waals surface area contributed by atoms with E-state index in [4.69, 9.17) is 11.6 Å². The predicted octanol–water partition coefficient (Wildman–Crippen LogP) is 3.26. The zero-order valence-electron chi connectivity index (χ0n) is 14.1. The van der Waals surface area contributed by atoms with Gasteiger partial charge in [-0.05, 0) is 38.1 Å². The quantitative estimate of drug-likeness (QED) is 0.742. The van der Waals surface area contributed by atoms with Crippen molar-refractivity contribution in [3.63, 3.8) is 0 Å². The van der Waals surface area contributed by atoms with Crippen LogP contribution < -0.4 is 4.72 Å². The smallest absolute Gasteiger partial charge is 0.268 e. The Kier molecular flexibility index (Phi) is 4.84. The van der Waals surface area contributed by atoms with E-state index in [0.29, 0.717) is 11.4 Å². The van der Waals surface area contributed by atoms with Crippen molar-refractivity contribution in [1.82, 2.24) is 14.5 Å². The molecule has 0 aliphatic rings. The number of hydrogen-bond donors (Lipinski definition) is 1. The average Bonchev–Trinajstić information content (AvgIpc) is 2.90. The topological polar surface area (TPSA) is 81.1 Å². The molecule has 8 heteroatoms. The molecule has 134 valence electrons. The standard InChI is InChI=1S/C18H16ClN3O3S/c1-12-8-10-14(11-9-12)22-17(19)16(13(2)20-22)18(23)21-26(24,25)15-6-4-3-5-7-15/h3-11H,1-2H3,(H,21,23). The van der Waals surface area contributed by atoms with E-state index in [0.717, 1.165) is 5.56 Å². The van der Waals surface area contributed by atoms with Crippen LogP contribution in [0.2, 0.25) is 5.15 Å². The first-order valence-corrected chi connectivity index (χ1v) is 9.60. The van der Waals surface area contributed by atoms with Gasteiger partial charge in [-0.15, -0.1) is 0 Å². The summed E-state index contributed by atoms with van der Waals surface area (Å²) < 4.78 is 28.1. The van der Waals surface area contributed by atoms with Crippen LogP contribution in [0, 0.1) is 13.8 Å². The van der Waals surface area contributed by atoms with Gasteiger partial charge in [0.15, 0.2) is 0 Å². The molecular formula is C18H16ClN3O3S. The number of rotatable bonds is 4. The van der Waals surface area contributed by atoms with Crippen molar-refractivity contribution in [2.75, 3.05) is 0 Å². The number of benzene rings is 2. The second-order valence-electron chi connectivity index (χ2n) is 5.75. The Bertz CT molecular complexity index is 1060. The zero-order valence-corrected chi connectivity index (χ0v) is 15.7. The number of aryl methyl sites for hydroxylation is 2. The molecule has 0 aliphatic carbocycles. The van der Waals surface area contributed by atoms with E-state index in [1.165, 1.54) is 16.8 Å². The molecule has 26 heavy (non-hydrogen) atoms. The summed E-state index contributed by atoms with van der Waals surface area (Å²) in [7, 11) is -4.00. The van der Waals surface area contributed by atoms with E-state index < -0.39 is 15.9 Å². The minimum atomic E-state index is -4.00. The number of nitrogens with zero attached hydrogens (tertiary/aromatic N) is 2. The Hall–Kier alpha value is -2.64. The van der Waals surface area contributed by atoms with Gasteiger partial charge < -0.3 is 0 Å². The van der Waals surface area contributed by atoms with Gasteiger partial charge in [-0.25, -0.2) is 17.8 Å². The Morgan fingerprint density at radius 3 is 2.27 bits per heavy atom. The zero-order chi connectivity index (χ0) is 18.9. The van der Waals surface area contributed by atoms with Gasteiger partial charge >= 0.3 is 0 Å². The van der Waals surface area contributed by atoms with E-state index in [1.807, 2.05) is 35.9 Å². The highest BCUT2D eigenvalue weighted by Crippen LogP contribution is 2.24. The normalized spacial score (nSPS) is 11.3. The monoisotopic (exact) mass is 389 g/mol. The SMILES string of the molecule is Cc1ccc(-n2nc(C)c(C(=O)NS(=O)(=O)c3ccccc3)c2Cl)cc1. The fourth-order valence-electron chi connectivity index (χ4n) is 2.45. The summed E-state index contributed by atoms with van der Waals surface area (Å²) in [6.07, 6.45) is 0. The number of nitrogens with one attached hydrogen (secondary N) is 1. The number of carbonyl (C=O) groups excluding carboxylic acids is 1. The van der Waals surface area contributed by atoms with E-state index in [9.17, 15) is 13.2 Å². The van der Waals surface area contributed by atoms with Crippen LogP contribution in [0.25, 0.3) is 5.69 Å². The molecule has 0 radical (unpaired) electrons. The molecular weight excluding hydrogens is 374 g/mol. The van der Waals surface area contributed by atoms with Crippen molar-refractivity contribution >= 4 is 27.5 Å². The first-order valence-electron chi connectivity index (χ1n) is 7.74. The van der Waals surface area contributed by atoms with Gasteiger partial charge in [-0.1, -0.05) is 47.5 Å².